The van der Waals surface area contributed by atoms with E-state index in [0.29, 0.717) is 25.0 Å². The van der Waals surface area contributed by atoms with E-state index < -0.39 is 65.8 Å². The molecule has 1 fully saturated rings. The molecule has 2 heterocycles. The predicted octanol–water partition coefficient (Wildman–Crippen LogP) is 2.28. The topological polar surface area (TPSA) is 259 Å². The van der Waals surface area contributed by atoms with Crippen molar-refractivity contribution in [3.05, 3.63) is 52.6 Å². The summed E-state index contributed by atoms with van der Waals surface area (Å²) < 4.78 is 6.40. The molecule has 296 valence electrons. The van der Waals surface area contributed by atoms with Crippen LogP contribution in [-0.2, 0) is 35.1 Å². The molecule has 9 N–H and O–H groups in total. The molecule has 1 aromatic rings. The number of aromatic nitrogens is 1. The summed E-state index contributed by atoms with van der Waals surface area (Å²) in [6, 6.07) is 2.54. The molecule has 0 aromatic carbocycles. The monoisotopic (exact) mass is 772 g/mol. The summed E-state index contributed by atoms with van der Waals surface area (Å²) >= 11 is 1.34. The number of carbonyl (C=O) groups is 5. The summed E-state index contributed by atoms with van der Waals surface area (Å²) in [4.78, 5) is 67.5. The number of aliphatic carboxylic acids is 2. The summed E-state index contributed by atoms with van der Waals surface area (Å²) in [7, 11) is 0. The van der Waals surface area contributed by atoms with Crippen molar-refractivity contribution in [3.63, 3.8) is 0 Å². The zero-order valence-electron chi connectivity index (χ0n) is 30.3. The average molecular weight is 773 g/mol. The number of nitrogens with one attached hydrogen (secondary N) is 2. The van der Waals surface area contributed by atoms with Gasteiger partial charge in [-0.15, -0.1) is 11.8 Å². The van der Waals surface area contributed by atoms with Crippen LogP contribution in [-0.4, -0.2) is 95.8 Å². The van der Waals surface area contributed by atoms with Gasteiger partial charge in [0, 0.05) is 37.6 Å². The molecule has 2 amide bonds. The zero-order chi connectivity index (χ0) is 39.0. The van der Waals surface area contributed by atoms with E-state index in [1.165, 1.54) is 17.3 Å². The van der Waals surface area contributed by atoms with Gasteiger partial charge in [-0.05, 0) is 86.0 Å². The van der Waals surface area contributed by atoms with Crippen molar-refractivity contribution in [3.8, 4) is 0 Å². The number of aliphatic hydroxyl groups excluding tert-OH is 2. The number of thioether (sulfide) groups is 1. The number of nitrogens with two attached hydrogens (primary N) is 1. The number of hydrogen-bond donors (Lipinski definition) is 8. The average Bonchev–Trinajstić information content (AvgIpc) is 3.75. The van der Waals surface area contributed by atoms with Gasteiger partial charge in [0.2, 0.25) is 23.8 Å². The van der Waals surface area contributed by atoms with Crippen LogP contribution in [0.3, 0.4) is 0 Å². The molecule has 0 saturated heterocycles. The van der Waals surface area contributed by atoms with Gasteiger partial charge in [-0.25, -0.2) is 9.59 Å². The van der Waals surface area contributed by atoms with E-state index in [2.05, 4.69) is 10.3 Å². The second-order valence-electron chi connectivity index (χ2n) is 15.0. The van der Waals surface area contributed by atoms with Crippen LogP contribution in [0.1, 0.15) is 95.5 Å². The molecule has 6 unspecified atom stereocenters. The number of esters is 1. The number of carboxylic acid groups (broad SMARTS) is 2. The molecule has 6 atom stereocenters. The molecule has 1 saturated carbocycles. The minimum Gasteiger partial charge on any atom is -0.478 e. The minimum atomic E-state index is -2.69. The van der Waals surface area contributed by atoms with Crippen molar-refractivity contribution < 1.29 is 54.2 Å². The van der Waals surface area contributed by atoms with Crippen LogP contribution < -0.4 is 16.4 Å². The lowest BCUT2D eigenvalue weighted by molar-refractivity contribution is -0.159. The summed E-state index contributed by atoms with van der Waals surface area (Å²) in [6.45, 7) is -0.0304. The Morgan fingerprint density at radius 1 is 1.06 bits per heavy atom. The highest BCUT2D eigenvalue weighted by molar-refractivity contribution is 8.00. The number of aliphatic hydroxyl groups is 3. The fourth-order valence-corrected chi connectivity index (χ4v) is 10.3. The number of carboxylic acids is 2. The van der Waals surface area contributed by atoms with E-state index in [0.717, 1.165) is 80.9 Å². The van der Waals surface area contributed by atoms with Crippen molar-refractivity contribution >= 4 is 41.5 Å². The first-order valence-corrected chi connectivity index (χ1v) is 19.8. The van der Waals surface area contributed by atoms with Gasteiger partial charge in [0.05, 0.1) is 5.25 Å². The number of hydrogen-bond acceptors (Lipinski definition) is 12. The SMILES string of the molecule is NC(O)(CCC(=O)NC(CSC1C2=C3C(CCCCCC14CCCC4)CC(Cc1ccncc1)=C(CCCO)C3C(=O)O2)C(=O)NC(O)C(=O)O)C(=O)O. The minimum absolute atomic E-state index is 0.0274. The van der Waals surface area contributed by atoms with Crippen molar-refractivity contribution in [1.82, 2.24) is 15.6 Å². The van der Waals surface area contributed by atoms with Gasteiger partial charge in [0.25, 0.3) is 0 Å². The standard InChI is InChI=1S/C38H52N4O11S/c39-38(52,36(50)51)15-9-27(44)41-26(32(45)42-33(46)34(47)48)21-54-31-30-28-23(7-2-1-3-12-37(31)13-4-5-14-37)20-24(19-22-10-16-40-17-11-22)25(8-6-18-43)29(28)35(49)53-30/h10-11,16-17,23,26,29,31,33,43,46,52H,1-9,12-15,18-21,39H2,(H,41,44)(H,42,45)(H,47,48)(H,50,51). The number of pyridine rings is 1. The van der Waals surface area contributed by atoms with E-state index in [9.17, 15) is 44.4 Å². The third-order valence-corrected chi connectivity index (χ3v) is 12.9. The van der Waals surface area contributed by atoms with Crippen LogP contribution in [0.15, 0.2) is 47.0 Å². The molecule has 1 aromatic heterocycles. The van der Waals surface area contributed by atoms with Gasteiger partial charge in [0.15, 0.2) is 0 Å². The van der Waals surface area contributed by atoms with Gasteiger partial charge < -0.3 is 40.9 Å². The van der Waals surface area contributed by atoms with Crippen molar-refractivity contribution in [2.45, 2.75) is 120 Å². The predicted molar refractivity (Wildman–Crippen MR) is 196 cm³/mol. The van der Waals surface area contributed by atoms with Crippen molar-refractivity contribution in [1.29, 1.82) is 0 Å². The Morgan fingerprint density at radius 2 is 1.74 bits per heavy atom. The Bertz CT molecular complexity index is 1630. The molecule has 5 rings (SSSR count). The molecule has 54 heavy (non-hydrogen) atoms. The Hall–Kier alpha value is -3.83. The molecule has 0 radical (unpaired) electrons. The highest BCUT2D eigenvalue weighted by Crippen LogP contribution is 2.58. The van der Waals surface area contributed by atoms with Gasteiger partial charge in [-0.2, -0.15) is 0 Å². The van der Waals surface area contributed by atoms with Gasteiger partial charge >= 0.3 is 17.9 Å². The fraction of sp³-hybridized carbons (Fsp3) is 0.632. The van der Waals surface area contributed by atoms with E-state index in [1.54, 1.807) is 12.4 Å². The van der Waals surface area contributed by atoms with E-state index in [4.69, 9.17) is 15.6 Å². The summed E-state index contributed by atoms with van der Waals surface area (Å²) in [6.07, 6.45) is 10.8. The van der Waals surface area contributed by atoms with Gasteiger partial charge in [-0.3, -0.25) is 25.1 Å². The van der Waals surface area contributed by atoms with Crippen LogP contribution in [0.5, 0.6) is 0 Å². The summed E-state index contributed by atoms with van der Waals surface area (Å²) in [5, 5.41) is 52.3. The number of allylic oxidation sites excluding steroid dienone is 1. The lowest BCUT2D eigenvalue weighted by Gasteiger charge is -2.40. The van der Waals surface area contributed by atoms with Gasteiger partial charge in [-0.1, -0.05) is 43.3 Å². The number of carbonyl (C=O) groups excluding carboxylic acids is 3. The van der Waals surface area contributed by atoms with Crippen LogP contribution in [0.4, 0.5) is 0 Å². The number of amides is 2. The van der Waals surface area contributed by atoms with Crippen molar-refractivity contribution in [2.24, 2.45) is 23.0 Å². The number of rotatable bonds is 16. The van der Waals surface area contributed by atoms with Crippen LogP contribution >= 0.6 is 11.8 Å². The Kier molecular flexibility index (Phi) is 13.9. The quantitative estimate of drug-likeness (QED) is 0.0682. The van der Waals surface area contributed by atoms with E-state index in [-0.39, 0.29) is 29.7 Å². The first-order valence-electron chi connectivity index (χ1n) is 18.8. The Morgan fingerprint density at radius 3 is 2.39 bits per heavy atom. The maximum atomic E-state index is 14.2. The lowest BCUT2D eigenvalue weighted by Crippen LogP contribution is -2.54. The highest BCUT2D eigenvalue weighted by Gasteiger charge is 2.53. The molecule has 16 heteroatoms. The molecular formula is C38H52N4O11S. The maximum absolute atomic E-state index is 14.2. The highest BCUT2D eigenvalue weighted by atomic mass is 32.2. The number of nitrogens with zero attached hydrogens (tertiary/aromatic N) is 1. The zero-order valence-corrected chi connectivity index (χ0v) is 31.2. The molecular weight excluding hydrogens is 721 g/mol. The number of ether oxygens (including phenoxy) is 1. The largest absolute Gasteiger partial charge is 0.478 e. The summed E-state index contributed by atoms with van der Waals surface area (Å²) in [5.74, 6) is -5.70. The fourth-order valence-electron chi connectivity index (χ4n) is 8.64. The van der Waals surface area contributed by atoms with Crippen molar-refractivity contribution in [2.75, 3.05) is 12.4 Å². The van der Waals surface area contributed by atoms with Crippen LogP contribution in [0, 0.1) is 17.3 Å². The second-order valence-corrected chi connectivity index (χ2v) is 16.2. The van der Waals surface area contributed by atoms with Crippen LogP contribution in [0.2, 0.25) is 0 Å². The molecule has 0 bridgehead atoms. The normalized spacial score (nSPS) is 24.6. The Balaban J connectivity index is 1.53. The molecule has 4 aliphatic rings. The van der Waals surface area contributed by atoms with Gasteiger partial charge in [0.1, 0.15) is 17.7 Å². The Labute approximate surface area is 318 Å². The molecule has 15 nitrogen and oxygen atoms in total. The summed E-state index contributed by atoms with van der Waals surface area (Å²) in [5.41, 5.74) is 6.59. The second kappa shape index (κ2) is 18.2. The first kappa shape index (κ1) is 41.3. The third kappa shape index (κ3) is 9.69. The first-order chi connectivity index (χ1) is 25.8. The van der Waals surface area contributed by atoms with E-state index >= 15 is 0 Å². The molecule has 1 aliphatic heterocycles. The lowest BCUT2D eigenvalue weighted by atomic mass is 9.67. The molecule has 3 aliphatic carbocycles. The third-order valence-electron chi connectivity index (χ3n) is 11.4. The van der Waals surface area contributed by atoms with E-state index in [1.807, 2.05) is 17.4 Å². The smallest absolute Gasteiger partial charge is 0.353 e. The maximum Gasteiger partial charge on any atom is 0.353 e. The van der Waals surface area contributed by atoms with Crippen LogP contribution in [0.25, 0.3) is 0 Å². The molecule has 1 spiro atoms.